The van der Waals surface area contributed by atoms with E-state index in [-0.39, 0.29) is 23.9 Å². The van der Waals surface area contributed by atoms with E-state index < -0.39 is 0 Å². The van der Waals surface area contributed by atoms with Gasteiger partial charge in [0.2, 0.25) is 5.91 Å². The number of fused-ring (bicyclic) bond motifs is 1. The van der Waals surface area contributed by atoms with Gasteiger partial charge in [-0.2, -0.15) is 0 Å². The minimum atomic E-state index is -0.295. The van der Waals surface area contributed by atoms with Gasteiger partial charge < -0.3 is 21.3 Å². The zero-order chi connectivity index (χ0) is 27.7. The molecule has 0 radical (unpaired) electrons. The van der Waals surface area contributed by atoms with Crippen LogP contribution in [0.25, 0.3) is 21.9 Å². The molecule has 1 aliphatic heterocycles. The van der Waals surface area contributed by atoms with Crippen LogP contribution in [0.1, 0.15) is 41.6 Å². The van der Waals surface area contributed by atoms with E-state index in [1.54, 1.807) is 0 Å². The number of nitrogens with two attached hydrogens (primary N) is 1. The maximum atomic E-state index is 13.7. The van der Waals surface area contributed by atoms with Crippen molar-refractivity contribution in [1.29, 1.82) is 0 Å². The van der Waals surface area contributed by atoms with Crippen molar-refractivity contribution in [3.63, 3.8) is 0 Å². The highest BCUT2D eigenvalue weighted by Gasteiger charge is 2.31. The largest absolute Gasteiger partial charge is 0.350 e. The molecule has 0 saturated carbocycles. The molecule has 4 aromatic rings. The molecule has 0 spiro atoms. The van der Waals surface area contributed by atoms with E-state index in [2.05, 4.69) is 53.1 Å². The van der Waals surface area contributed by atoms with Gasteiger partial charge in [-0.05, 0) is 65.4 Å². The Morgan fingerprint density at radius 3 is 2.40 bits per heavy atom. The molecule has 0 unspecified atom stereocenters. The molecule has 2 atom stereocenters. The summed E-state index contributed by atoms with van der Waals surface area (Å²) >= 11 is 0. The van der Waals surface area contributed by atoms with Gasteiger partial charge in [-0.25, -0.2) is 0 Å². The maximum absolute atomic E-state index is 13.7. The molecule has 0 aliphatic carbocycles. The van der Waals surface area contributed by atoms with Crippen LogP contribution in [0.3, 0.4) is 0 Å². The highest BCUT2D eigenvalue weighted by Crippen LogP contribution is 2.23. The second kappa shape index (κ2) is 13.4. The summed E-state index contributed by atoms with van der Waals surface area (Å²) < 4.78 is 0. The van der Waals surface area contributed by atoms with E-state index in [9.17, 15) is 9.59 Å². The van der Waals surface area contributed by atoms with Gasteiger partial charge in [-0.3, -0.25) is 9.59 Å². The van der Waals surface area contributed by atoms with Gasteiger partial charge in [0.1, 0.15) is 0 Å². The predicted octanol–water partition coefficient (Wildman–Crippen LogP) is 5.12. The molecule has 0 aromatic heterocycles. The lowest BCUT2D eigenvalue weighted by atomic mass is 10.0. The fourth-order valence-corrected chi connectivity index (χ4v) is 5.50. The zero-order valence-electron chi connectivity index (χ0n) is 22.9. The van der Waals surface area contributed by atoms with Gasteiger partial charge in [-0.15, -0.1) is 0 Å². The van der Waals surface area contributed by atoms with Crippen LogP contribution in [0.4, 0.5) is 0 Å². The number of hydrogen-bond donors (Lipinski definition) is 3. The summed E-state index contributed by atoms with van der Waals surface area (Å²) in [4.78, 5) is 28.6. The van der Waals surface area contributed by atoms with E-state index in [1.165, 1.54) is 10.8 Å². The molecule has 1 aliphatic rings. The van der Waals surface area contributed by atoms with E-state index in [0.717, 1.165) is 42.4 Å². The molecule has 2 amide bonds. The number of rotatable bonds is 10. The van der Waals surface area contributed by atoms with Gasteiger partial charge in [-0.1, -0.05) is 91.3 Å². The number of hydrogen-bond acceptors (Lipinski definition) is 4. The first kappa shape index (κ1) is 27.6. The van der Waals surface area contributed by atoms with Crippen molar-refractivity contribution in [1.82, 2.24) is 15.5 Å². The Morgan fingerprint density at radius 1 is 0.875 bits per heavy atom. The standard InChI is InChI=1S/C34H38N4O2/c35-21-7-6-15-32-34(40)38(24-29-13-8-12-27-11-4-5-14-31(27)29)22-20-30(37-32)23-36-33(39)28-18-16-26(17-19-28)25-9-2-1-3-10-25/h1-5,8-14,16-19,30,32,37H,6-7,15,20-24,35H2,(H,36,39)/t30-,32+/m0/s1. The van der Waals surface area contributed by atoms with Gasteiger partial charge in [0.05, 0.1) is 6.04 Å². The molecule has 206 valence electrons. The molecule has 0 bridgehead atoms. The summed E-state index contributed by atoms with van der Waals surface area (Å²) in [7, 11) is 0. The van der Waals surface area contributed by atoms with Gasteiger partial charge in [0.25, 0.3) is 5.91 Å². The van der Waals surface area contributed by atoms with Crippen LogP contribution in [0.15, 0.2) is 97.1 Å². The summed E-state index contributed by atoms with van der Waals surface area (Å²) in [5, 5.41) is 9.02. The lowest BCUT2D eigenvalue weighted by molar-refractivity contribution is -0.133. The normalized spacial score (nSPS) is 17.5. The van der Waals surface area contributed by atoms with E-state index in [0.29, 0.717) is 31.7 Å². The number of carbonyl (C=O) groups is 2. The number of nitrogens with zero attached hydrogens (tertiary/aromatic N) is 1. The highest BCUT2D eigenvalue weighted by molar-refractivity contribution is 5.94. The molecule has 4 N–H and O–H groups in total. The van der Waals surface area contributed by atoms with Crippen LogP contribution in [0.5, 0.6) is 0 Å². The van der Waals surface area contributed by atoms with Crippen molar-refractivity contribution in [2.75, 3.05) is 19.6 Å². The van der Waals surface area contributed by atoms with Gasteiger partial charge in [0, 0.05) is 31.2 Å². The highest BCUT2D eigenvalue weighted by atomic mass is 16.2. The molecule has 1 saturated heterocycles. The number of nitrogens with one attached hydrogen (secondary N) is 2. The minimum absolute atomic E-state index is 0.00288. The molecular formula is C34H38N4O2. The lowest BCUT2D eigenvalue weighted by Gasteiger charge is -2.25. The van der Waals surface area contributed by atoms with Crippen molar-refractivity contribution < 1.29 is 9.59 Å². The van der Waals surface area contributed by atoms with Crippen LogP contribution in [-0.2, 0) is 11.3 Å². The van der Waals surface area contributed by atoms with Crippen LogP contribution in [0, 0.1) is 0 Å². The Kier molecular flexibility index (Phi) is 9.22. The zero-order valence-corrected chi connectivity index (χ0v) is 22.9. The smallest absolute Gasteiger partial charge is 0.251 e. The number of amides is 2. The first-order valence-corrected chi connectivity index (χ1v) is 14.3. The van der Waals surface area contributed by atoms with Crippen molar-refractivity contribution in [3.05, 3.63) is 108 Å². The number of benzene rings is 4. The third-order valence-corrected chi connectivity index (χ3v) is 7.75. The molecule has 4 aromatic carbocycles. The van der Waals surface area contributed by atoms with Crippen LogP contribution >= 0.6 is 0 Å². The van der Waals surface area contributed by atoms with Gasteiger partial charge in [0.15, 0.2) is 0 Å². The molecule has 6 nitrogen and oxygen atoms in total. The summed E-state index contributed by atoms with van der Waals surface area (Å²) in [6.07, 6.45) is 3.26. The van der Waals surface area contributed by atoms with Crippen LogP contribution in [0.2, 0.25) is 0 Å². The van der Waals surface area contributed by atoms with Crippen LogP contribution < -0.4 is 16.4 Å². The Balaban J connectivity index is 1.25. The first-order chi connectivity index (χ1) is 19.6. The number of carbonyl (C=O) groups excluding carboxylic acids is 2. The molecule has 1 fully saturated rings. The Bertz CT molecular complexity index is 1420. The second-order valence-corrected chi connectivity index (χ2v) is 10.5. The van der Waals surface area contributed by atoms with E-state index in [1.807, 2.05) is 59.5 Å². The number of unbranched alkanes of at least 4 members (excludes halogenated alkanes) is 1. The van der Waals surface area contributed by atoms with Crippen molar-refractivity contribution >= 4 is 22.6 Å². The summed E-state index contributed by atoms with van der Waals surface area (Å²) in [6.45, 7) is 2.28. The average molecular weight is 535 g/mol. The monoisotopic (exact) mass is 534 g/mol. The van der Waals surface area contributed by atoms with E-state index >= 15 is 0 Å². The Labute approximate surface area is 236 Å². The second-order valence-electron chi connectivity index (χ2n) is 10.5. The SMILES string of the molecule is NCCCC[C@H]1N[C@H](CNC(=O)c2ccc(-c3ccccc3)cc2)CCN(Cc2cccc3ccccc23)C1=O. The van der Waals surface area contributed by atoms with E-state index in [4.69, 9.17) is 5.73 Å². The Morgan fingerprint density at radius 2 is 1.60 bits per heavy atom. The third-order valence-electron chi connectivity index (χ3n) is 7.75. The fraction of sp³-hybridized carbons (Fsp3) is 0.294. The molecule has 1 heterocycles. The van der Waals surface area contributed by atoms with Gasteiger partial charge >= 0.3 is 0 Å². The summed E-state index contributed by atoms with van der Waals surface area (Å²) in [6, 6.07) is 32.1. The third kappa shape index (κ3) is 6.76. The average Bonchev–Trinajstić information content (AvgIpc) is 3.15. The fourth-order valence-electron chi connectivity index (χ4n) is 5.50. The lowest BCUT2D eigenvalue weighted by Crippen LogP contribution is -2.48. The first-order valence-electron chi connectivity index (χ1n) is 14.3. The minimum Gasteiger partial charge on any atom is -0.350 e. The molecule has 6 heteroatoms. The predicted molar refractivity (Wildman–Crippen MR) is 162 cm³/mol. The maximum Gasteiger partial charge on any atom is 0.251 e. The molecule has 40 heavy (non-hydrogen) atoms. The summed E-state index contributed by atoms with van der Waals surface area (Å²) in [5.74, 6) is 0.0135. The van der Waals surface area contributed by atoms with Crippen molar-refractivity contribution in [2.45, 2.75) is 44.3 Å². The van der Waals surface area contributed by atoms with Crippen molar-refractivity contribution in [2.24, 2.45) is 5.73 Å². The van der Waals surface area contributed by atoms with Crippen LogP contribution in [-0.4, -0.2) is 48.4 Å². The molecular weight excluding hydrogens is 496 g/mol. The Hall–Kier alpha value is -4.00. The summed E-state index contributed by atoms with van der Waals surface area (Å²) in [5.41, 5.74) is 9.71. The van der Waals surface area contributed by atoms with Crippen molar-refractivity contribution in [3.8, 4) is 11.1 Å². The molecule has 5 rings (SSSR count). The topological polar surface area (TPSA) is 87.5 Å². The quantitative estimate of drug-likeness (QED) is 0.246.